The second kappa shape index (κ2) is 12.1. The Bertz CT molecular complexity index is 1340. The average molecular weight is 530 g/mol. The third-order valence-electron chi connectivity index (χ3n) is 7.13. The molecule has 0 aliphatic carbocycles. The van der Waals surface area contributed by atoms with Crippen LogP contribution in [0, 0.1) is 5.82 Å². The van der Waals surface area contributed by atoms with Gasteiger partial charge in [0, 0.05) is 69.0 Å². The van der Waals surface area contributed by atoms with E-state index in [1.54, 1.807) is 23.1 Å². The van der Waals surface area contributed by atoms with Crippen LogP contribution in [0.2, 0.25) is 0 Å². The molecule has 2 saturated heterocycles. The van der Waals surface area contributed by atoms with E-state index in [2.05, 4.69) is 15.5 Å². The average Bonchev–Trinajstić information content (AvgIpc) is 3.23. The molecule has 3 amide bonds. The molecule has 39 heavy (non-hydrogen) atoms. The Balaban J connectivity index is 1.40. The van der Waals surface area contributed by atoms with Gasteiger partial charge in [-0.1, -0.05) is 24.3 Å². The molecule has 0 bridgehead atoms. The van der Waals surface area contributed by atoms with Gasteiger partial charge in [-0.2, -0.15) is 0 Å². The molecule has 2 heterocycles. The number of hydrogen-bond donors (Lipinski definition) is 2. The highest BCUT2D eigenvalue weighted by Gasteiger charge is 2.24. The topological polar surface area (TPSA) is 85.0 Å². The number of hydrogen-bond acceptors (Lipinski definition) is 5. The molecule has 2 N–H and O–H groups in total. The van der Waals surface area contributed by atoms with Gasteiger partial charge in [0.25, 0.3) is 17.7 Å². The van der Waals surface area contributed by atoms with Gasteiger partial charge in [0.1, 0.15) is 5.82 Å². The minimum Gasteiger partial charge on any atom is -0.368 e. The van der Waals surface area contributed by atoms with Gasteiger partial charge in [-0.05, 0) is 55.0 Å². The van der Waals surface area contributed by atoms with E-state index in [1.807, 2.05) is 41.3 Å². The van der Waals surface area contributed by atoms with Crippen molar-refractivity contribution in [2.24, 2.45) is 0 Å². The fourth-order valence-electron chi connectivity index (χ4n) is 5.04. The van der Waals surface area contributed by atoms with E-state index in [-0.39, 0.29) is 17.4 Å². The van der Waals surface area contributed by atoms with Crippen molar-refractivity contribution >= 4 is 29.1 Å². The van der Waals surface area contributed by atoms with Gasteiger partial charge >= 0.3 is 0 Å². The van der Waals surface area contributed by atoms with Crippen LogP contribution >= 0.6 is 0 Å². The van der Waals surface area contributed by atoms with Crippen molar-refractivity contribution in [2.45, 2.75) is 6.42 Å². The number of anilines is 2. The maximum atomic E-state index is 13.8. The lowest BCUT2D eigenvalue weighted by molar-refractivity contribution is 0.0734. The number of benzene rings is 3. The normalized spacial score (nSPS) is 16.0. The van der Waals surface area contributed by atoms with Crippen LogP contribution in [0.4, 0.5) is 15.8 Å². The number of nitrogens with one attached hydrogen (secondary N) is 2. The van der Waals surface area contributed by atoms with E-state index in [9.17, 15) is 18.8 Å². The van der Waals surface area contributed by atoms with Crippen LogP contribution in [0.15, 0.2) is 72.8 Å². The minimum absolute atomic E-state index is 0.00551. The molecule has 0 spiro atoms. The molecule has 0 saturated carbocycles. The summed E-state index contributed by atoms with van der Waals surface area (Å²) in [5, 5.41) is 6.16. The largest absolute Gasteiger partial charge is 0.368 e. The van der Waals surface area contributed by atoms with Gasteiger partial charge < -0.3 is 25.3 Å². The highest BCUT2D eigenvalue weighted by molar-refractivity contribution is 6.07. The molecule has 0 aromatic heterocycles. The van der Waals surface area contributed by atoms with E-state index in [4.69, 9.17) is 0 Å². The summed E-state index contributed by atoms with van der Waals surface area (Å²) in [6.45, 7) is 5.07. The van der Waals surface area contributed by atoms with Crippen LogP contribution < -0.4 is 15.5 Å². The zero-order valence-electron chi connectivity index (χ0n) is 21.7. The molecule has 5 rings (SSSR count). The fraction of sp³-hybridized carbons (Fsp3) is 0.300. The van der Waals surface area contributed by atoms with Crippen LogP contribution in [0.1, 0.15) is 37.5 Å². The second-order valence-corrected chi connectivity index (χ2v) is 9.74. The van der Waals surface area contributed by atoms with Crippen molar-refractivity contribution < 1.29 is 18.8 Å². The molecule has 0 radical (unpaired) electrons. The SMILES string of the molecule is O=C(Nc1cc(C(=O)N2CCNCC2)ccc1N1CCCN(C(=O)c2ccccc2)CC1)c1cccc(F)c1. The summed E-state index contributed by atoms with van der Waals surface area (Å²) in [6.07, 6.45) is 0.747. The van der Waals surface area contributed by atoms with E-state index in [0.717, 1.165) is 25.2 Å². The van der Waals surface area contributed by atoms with E-state index < -0.39 is 11.7 Å². The first kappa shape index (κ1) is 26.4. The molecule has 3 aromatic carbocycles. The van der Waals surface area contributed by atoms with Gasteiger partial charge in [0.2, 0.25) is 0 Å². The third kappa shape index (κ3) is 6.26. The van der Waals surface area contributed by atoms with E-state index in [0.29, 0.717) is 56.1 Å². The first-order valence-corrected chi connectivity index (χ1v) is 13.3. The quantitative estimate of drug-likeness (QED) is 0.529. The van der Waals surface area contributed by atoms with Crippen LogP contribution in [0.25, 0.3) is 0 Å². The third-order valence-corrected chi connectivity index (χ3v) is 7.13. The standard InChI is InChI=1S/C30H32FN5O3/c31-25-9-4-8-23(20-25)28(37)33-26-21-24(30(39)36-16-12-32-13-17-36)10-11-27(26)34-14-5-15-35(19-18-34)29(38)22-6-2-1-3-7-22/h1-4,6-11,20-21,32H,5,12-19H2,(H,33,37). The molecule has 8 nitrogen and oxygen atoms in total. The molecular weight excluding hydrogens is 497 g/mol. The molecule has 2 aliphatic rings. The first-order chi connectivity index (χ1) is 19.0. The highest BCUT2D eigenvalue weighted by Crippen LogP contribution is 2.30. The summed E-state index contributed by atoms with van der Waals surface area (Å²) in [5.74, 6) is -1.06. The van der Waals surface area contributed by atoms with Crippen molar-refractivity contribution in [3.8, 4) is 0 Å². The number of rotatable bonds is 5. The molecular formula is C30H32FN5O3. The van der Waals surface area contributed by atoms with Gasteiger partial charge in [0.05, 0.1) is 11.4 Å². The maximum Gasteiger partial charge on any atom is 0.255 e. The highest BCUT2D eigenvalue weighted by atomic mass is 19.1. The summed E-state index contributed by atoms with van der Waals surface area (Å²) in [4.78, 5) is 45.1. The Labute approximate surface area is 227 Å². The Morgan fingerprint density at radius 3 is 2.18 bits per heavy atom. The monoisotopic (exact) mass is 529 g/mol. The van der Waals surface area contributed by atoms with Crippen molar-refractivity contribution in [3.05, 3.63) is 95.3 Å². The Morgan fingerprint density at radius 2 is 1.41 bits per heavy atom. The minimum atomic E-state index is -0.499. The van der Waals surface area contributed by atoms with Crippen LogP contribution in [0.3, 0.4) is 0 Å². The summed E-state index contributed by atoms with van der Waals surface area (Å²) < 4.78 is 13.8. The molecule has 202 valence electrons. The Morgan fingerprint density at radius 1 is 0.692 bits per heavy atom. The fourth-order valence-corrected chi connectivity index (χ4v) is 5.04. The second-order valence-electron chi connectivity index (χ2n) is 9.74. The van der Waals surface area contributed by atoms with Crippen LogP contribution in [-0.2, 0) is 0 Å². The van der Waals surface area contributed by atoms with Crippen molar-refractivity contribution in [3.63, 3.8) is 0 Å². The van der Waals surface area contributed by atoms with E-state index >= 15 is 0 Å². The smallest absolute Gasteiger partial charge is 0.255 e. The summed E-state index contributed by atoms with van der Waals surface area (Å²) in [6, 6.07) is 20.1. The summed E-state index contributed by atoms with van der Waals surface area (Å²) in [5.41, 5.74) is 2.56. The van der Waals surface area contributed by atoms with Crippen LogP contribution in [-0.4, -0.2) is 79.9 Å². The first-order valence-electron chi connectivity index (χ1n) is 13.3. The number of halogens is 1. The van der Waals surface area contributed by atoms with Gasteiger partial charge in [-0.25, -0.2) is 4.39 Å². The van der Waals surface area contributed by atoms with Crippen molar-refractivity contribution in [2.75, 3.05) is 62.6 Å². The van der Waals surface area contributed by atoms with Gasteiger partial charge in [0.15, 0.2) is 0 Å². The number of carbonyl (C=O) groups is 3. The van der Waals surface area contributed by atoms with E-state index in [1.165, 1.54) is 18.2 Å². The lowest BCUT2D eigenvalue weighted by Crippen LogP contribution is -2.46. The molecule has 0 atom stereocenters. The maximum absolute atomic E-state index is 13.8. The number of piperazine rings is 1. The van der Waals surface area contributed by atoms with Gasteiger partial charge in [-0.3, -0.25) is 14.4 Å². The molecule has 2 fully saturated rings. The summed E-state index contributed by atoms with van der Waals surface area (Å²) >= 11 is 0. The molecule has 9 heteroatoms. The van der Waals surface area contributed by atoms with Gasteiger partial charge in [-0.15, -0.1) is 0 Å². The lowest BCUT2D eigenvalue weighted by Gasteiger charge is -2.29. The molecule has 2 aliphatic heterocycles. The number of nitrogens with zero attached hydrogens (tertiary/aromatic N) is 3. The predicted octanol–water partition coefficient (Wildman–Crippen LogP) is 3.48. The lowest BCUT2D eigenvalue weighted by atomic mass is 10.1. The Hall–Kier alpha value is -4.24. The Kier molecular flexibility index (Phi) is 8.17. The molecule has 3 aromatic rings. The zero-order chi connectivity index (χ0) is 27.2. The van der Waals surface area contributed by atoms with Crippen LogP contribution in [0.5, 0.6) is 0 Å². The number of carbonyl (C=O) groups excluding carboxylic acids is 3. The van der Waals surface area contributed by atoms with Crippen molar-refractivity contribution in [1.29, 1.82) is 0 Å². The predicted molar refractivity (Wildman–Crippen MR) is 149 cm³/mol. The summed E-state index contributed by atoms with van der Waals surface area (Å²) in [7, 11) is 0. The number of amides is 3. The van der Waals surface area contributed by atoms with Crippen molar-refractivity contribution in [1.82, 2.24) is 15.1 Å². The zero-order valence-corrected chi connectivity index (χ0v) is 21.7. The molecule has 0 unspecified atom stereocenters.